The molecule has 0 aliphatic heterocycles. The van der Waals surface area contributed by atoms with Crippen LogP contribution < -0.4 is 10.6 Å². The van der Waals surface area contributed by atoms with Crippen LogP contribution in [0.25, 0.3) is 5.69 Å². The Morgan fingerprint density at radius 1 is 1.00 bits per heavy atom. The second-order valence-electron chi connectivity index (χ2n) is 7.36. The summed E-state index contributed by atoms with van der Waals surface area (Å²) in [4.78, 5) is 36.6. The molecule has 0 spiro atoms. The lowest BCUT2D eigenvalue weighted by Crippen LogP contribution is -2.24. The van der Waals surface area contributed by atoms with Gasteiger partial charge < -0.3 is 19.8 Å². The normalized spacial score (nSPS) is 10.6. The molecule has 2 aromatic carbocycles. The molecule has 10 nitrogen and oxygen atoms in total. The molecule has 0 atom stereocenters. The van der Waals surface area contributed by atoms with Crippen molar-refractivity contribution in [2.45, 2.75) is 18.6 Å². The van der Waals surface area contributed by atoms with Crippen molar-refractivity contribution in [1.82, 2.24) is 20.1 Å². The largest absolute Gasteiger partial charge is 0.462 e. The molecule has 0 radical (unpaired) electrons. The maximum atomic E-state index is 12.6. The van der Waals surface area contributed by atoms with Crippen LogP contribution in [0.3, 0.4) is 0 Å². The van der Waals surface area contributed by atoms with Crippen molar-refractivity contribution in [1.29, 1.82) is 0 Å². The summed E-state index contributed by atoms with van der Waals surface area (Å²) < 4.78 is 11.9. The van der Waals surface area contributed by atoms with E-state index in [0.717, 1.165) is 5.69 Å². The van der Waals surface area contributed by atoms with E-state index in [9.17, 15) is 14.4 Å². The Kier molecular flexibility index (Phi) is 8.14. The number of furan rings is 1. The second kappa shape index (κ2) is 11.8. The maximum Gasteiger partial charge on any atom is 0.338 e. The number of thioether (sulfide) groups is 1. The first kappa shape index (κ1) is 24.7. The monoisotopic (exact) mass is 505 g/mol. The Labute approximate surface area is 211 Å². The fraction of sp³-hybridized carbons (Fsp3) is 0.160. The number of aromatic nitrogens is 3. The first-order valence-electron chi connectivity index (χ1n) is 11.1. The Hall–Kier alpha value is -4.38. The lowest BCUT2D eigenvalue weighted by atomic mass is 10.2. The molecule has 4 aromatic rings. The molecule has 4 rings (SSSR count). The minimum Gasteiger partial charge on any atom is -0.462 e. The second-order valence-corrected chi connectivity index (χ2v) is 8.31. The summed E-state index contributed by atoms with van der Waals surface area (Å²) in [5.74, 6) is -0.267. The van der Waals surface area contributed by atoms with Crippen molar-refractivity contribution in [2.75, 3.05) is 17.7 Å². The van der Waals surface area contributed by atoms with Gasteiger partial charge in [-0.15, -0.1) is 10.2 Å². The lowest BCUT2D eigenvalue weighted by molar-refractivity contribution is -0.113. The van der Waals surface area contributed by atoms with Gasteiger partial charge in [0.05, 0.1) is 30.7 Å². The van der Waals surface area contributed by atoms with E-state index in [1.54, 1.807) is 47.9 Å². The van der Waals surface area contributed by atoms with Crippen LogP contribution in [0.1, 0.15) is 33.7 Å². The molecule has 36 heavy (non-hydrogen) atoms. The van der Waals surface area contributed by atoms with Crippen LogP contribution in [-0.4, -0.2) is 44.9 Å². The van der Waals surface area contributed by atoms with Crippen LogP contribution in [0.2, 0.25) is 0 Å². The number of esters is 1. The van der Waals surface area contributed by atoms with Crippen molar-refractivity contribution in [3.05, 3.63) is 90.1 Å². The lowest BCUT2D eigenvalue weighted by Gasteiger charge is -2.11. The van der Waals surface area contributed by atoms with Gasteiger partial charge in [0.25, 0.3) is 5.91 Å². The van der Waals surface area contributed by atoms with E-state index in [0.29, 0.717) is 28.8 Å². The van der Waals surface area contributed by atoms with Gasteiger partial charge >= 0.3 is 5.97 Å². The number of carbonyl (C=O) groups is 3. The van der Waals surface area contributed by atoms with Gasteiger partial charge in [0.2, 0.25) is 5.91 Å². The van der Waals surface area contributed by atoms with E-state index >= 15 is 0 Å². The average Bonchev–Trinajstić information content (AvgIpc) is 3.58. The Morgan fingerprint density at radius 2 is 1.78 bits per heavy atom. The molecular formula is C25H23N5O5S. The number of carbonyl (C=O) groups excluding carboxylic acids is 3. The Bertz CT molecular complexity index is 1320. The summed E-state index contributed by atoms with van der Waals surface area (Å²) in [6.45, 7) is 2.14. The van der Waals surface area contributed by atoms with Gasteiger partial charge in [-0.25, -0.2) is 4.79 Å². The number of hydrogen-bond acceptors (Lipinski definition) is 8. The minimum absolute atomic E-state index is 0.0728. The zero-order valence-corrected chi connectivity index (χ0v) is 20.2. The number of anilines is 1. The summed E-state index contributed by atoms with van der Waals surface area (Å²) >= 11 is 1.21. The van der Waals surface area contributed by atoms with E-state index in [4.69, 9.17) is 9.15 Å². The fourth-order valence-corrected chi connectivity index (χ4v) is 4.00. The van der Waals surface area contributed by atoms with Crippen molar-refractivity contribution in [3.63, 3.8) is 0 Å². The zero-order chi connectivity index (χ0) is 25.3. The fourth-order valence-electron chi connectivity index (χ4n) is 3.23. The van der Waals surface area contributed by atoms with Gasteiger partial charge in [0.15, 0.2) is 16.7 Å². The van der Waals surface area contributed by atoms with E-state index < -0.39 is 5.97 Å². The van der Waals surface area contributed by atoms with Gasteiger partial charge in [0.1, 0.15) is 0 Å². The molecule has 184 valence electrons. The molecule has 2 N–H and O–H groups in total. The first-order chi connectivity index (χ1) is 17.5. The quantitative estimate of drug-likeness (QED) is 0.247. The highest BCUT2D eigenvalue weighted by Crippen LogP contribution is 2.22. The van der Waals surface area contributed by atoms with Crippen LogP contribution in [0, 0.1) is 0 Å². The minimum atomic E-state index is -0.415. The third-order valence-electron chi connectivity index (χ3n) is 4.88. The summed E-state index contributed by atoms with van der Waals surface area (Å²) in [5.41, 5.74) is 1.76. The van der Waals surface area contributed by atoms with Gasteiger partial charge in [-0.2, -0.15) is 0 Å². The van der Waals surface area contributed by atoms with Crippen LogP contribution in [0.4, 0.5) is 5.69 Å². The predicted molar refractivity (Wildman–Crippen MR) is 133 cm³/mol. The first-order valence-corrected chi connectivity index (χ1v) is 12.0. The van der Waals surface area contributed by atoms with Gasteiger partial charge in [-0.1, -0.05) is 30.0 Å². The number of amides is 2. The predicted octanol–water partition coefficient (Wildman–Crippen LogP) is 3.70. The summed E-state index contributed by atoms with van der Waals surface area (Å²) in [5, 5.41) is 14.5. The molecule has 0 aliphatic carbocycles. The third kappa shape index (κ3) is 6.19. The van der Waals surface area contributed by atoms with Crippen LogP contribution >= 0.6 is 11.8 Å². The SMILES string of the molecule is CCOC(=O)c1ccc(NC(=O)CSc2nnc(CNC(=O)c3ccco3)n2-c2ccccc2)cc1. The zero-order valence-electron chi connectivity index (χ0n) is 19.3. The van der Waals surface area contributed by atoms with Crippen molar-refractivity contribution >= 4 is 35.2 Å². The molecule has 11 heteroatoms. The molecule has 2 heterocycles. The number of benzene rings is 2. The number of nitrogens with zero attached hydrogens (tertiary/aromatic N) is 3. The van der Waals surface area contributed by atoms with Gasteiger partial charge in [-0.05, 0) is 55.5 Å². The Morgan fingerprint density at radius 3 is 2.47 bits per heavy atom. The molecule has 0 aliphatic rings. The molecule has 0 saturated carbocycles. The third-order valence-corrected chi connectivity index (χ3v) is 5.81. The molecule has 0 fully saturated rings. The summed E-state index contributed by atoms with van der Waals surface area (Å²) in [7, 11) is 0. The van der Waals surface area contributed by atoms with Crippen LogP contribution in [-0.2, 0) is 16.1 Å². The van der Waals surface area contributed by atoms with Crippen molar-refractivity contribution < 1.29 is 23.5 Å². The number of para-hydroxylation sites is 1. The van der Waals surface area contributed by atoms with Crippen LogP contribution in [0.5, 0.6) is 0 Å². The average molecular weight is 506 g/mol. The highest BCUT2D eigenvalue weighted by molar-refractivity contribution is 7.99. The number of hydrogen-bond donors (Lipinski definition) is 2. The molecule has 2 aromatic heterocycles. The van der Waals surface area contributed by atoms with Crippen molar-refractivity contribution in [3.8, 4) is 5.69 Å². The molecule has 2 amide bonds. The summed E-state index contributed by atoms with van der Waals surface area (Å²) in [6.07, 6.45) is 1.43. The van der Waals surface area contributed by atoms with Crippen molar-refractivity contribution in [2.24, 2.45) is 0 Å². The van der Waals surface area contributed by atoms with E-state index in [1.807, 2.05) is 30.3 Å². The van der Waals surface area contributed by atoms with Gasteiger partial charge in [-0.3, -0.25) is 14.2 Å². The maximum absolute atomic E-state index is 12.6. The standard InChI is InChI=1S/C25H23N5O5S/c1-2-34-24(33)17-10-12-18(13-11-17)27-22(31)16-36-25-29-28-21(30(25)19-7-4-3-5-8-19)15-26-23(32)20-9-6-14-35-20/h3-14H,2,15-16H2,1H3,(H,26,32)(H,27,31). The summed E-state index contributed by atoms with van der Waals surface area (Å²) in [6, 6.07) is 19.1. The highest BCUT2D eigenvalue weighted by Gasteiger charge is 2.18. The molecule has 0 bridgehead atoms. The highest BCUT2D eigenvalue weighted by atomic mass is 32.2. The van der Waals surface area contributed by atoms with E-state index in [-0.39, 0.29) is 29.9 Å². The number of nitrogens with one attached hydrogen (secondary N) is 2. The molecular weight excluding hydrogens is 482 g/mol. The Balaban J connectivity index is 1.42. The smallest absolute Gasteiger partial charge is 0.338 e. The number of ether oxygens (including phenoxy) is 1. The van der Waals surface area contributed by atoms with E-state index in [1.165, 1.54) is 18.0 Å². The molecule has 0 unspecified atom stereocenters. The van der Waals surface area contributed by atoms with E-state index in [2.05, 4.69) is 20.8 Å². The van der Waals surface area contributed by atoms with Gasteiger partial charge in [0, 0.05) is 11.4 Å². The topological polar surface area (TPSA) is 128 Å². The molecule has 0 saturated heterocycles. The van der Waals surface area contributed by atoms with Crippen LogP contribution in [0.15, 0.2) is 82.6 Å². The number of rotatable bonds is 10.